The van der Waals surface area contributed by atoms with Gasteiger partial charge >= 0.3 is 0 Å². The van der Waals surface area contributed by atoms with Crippen molar-refractivity contribution in [1.29, 1.82) is 0 Å². The van der Waals surface area contributed by atoms with Crippen molar-refractivity contribution in [3.8, 4) is 0 Å². The highest BCUT2D eigenvalue weighted by Crippen LogP contribution is 2.17. The van der Waals surface area contributed by atoms with Crippen LogP contribution in [0, 0.1) is 11.6 Å². The number of halogens is 2. The van der Waals surface area contributed by atoms with E-state index in [0.29, 0.717) is 38.6 Å². The first kappa shape index (κ1) is 16.7. The molecule has 1 aliphatic heterocycles. The zero-order valence-corrected chi connectivity index (χ0v) is 14.0. The molecule has 0 bridgehead atoms. The third-order valence-electron chi connectivity index (χ3n) is 4.52. The Kier molecular flexibility index (Phi) is 4.38. The summed E-state index contributed by atoms with van der Waals surface area (Å²) in [5, 5.41) is 0. The maximum absolute atomic E-state index is 13.3. The molecule has 0 atom stereocenters. The average molecular weight is 357 g/mol. The molecule has 2 aromatic carbocycles. The van der Waals surface area contributed by atoms with E-state index < -0.39 is 11.6 Å². The molecule has 1 amide bonds. The monoisotopic (exact) mass is 357 g/mol. The second-order valence-corrected chi connectivity index (χ2v) is 6.27. The van der Waals surface area contributed by atoms with Crippen LogP contribution in [0.3, 0.4) is 0 Å². The Bertz CT molecular complexity index is 916. The van der Waals surface area contributed by atoms with Gasteiger partial charge in [-0.25, -0.2) is 13.8 Å². The number of fused-ring (bicyclic) bond motifs is 1. The van der Waals surface area contributed by atoms with Crippen molar-refractivity contribution in [2.24, 2.45) is 0 Å². The Hall–Kier alpha value is -2.80. The number of carbonyl (C=O) groups excluding carboxylic acids is 1. The first-order chi connectivity index (χ1) is 12.6. The number of hydrogen-bond donors (Lipinski definition) is 0. The van der Waals surface area contributed by atoms with Gasteiger partial charge in [0.25, 0.3) is 5.91 Å². The Labute approximate surface area is 148 Å². The maximum Gasteiger partial charge on any atom is 0.254 e. The summed E-state index contributed by atoms with van der Waals surface area (Å²) in [5.74, 6) is -1.60. The summed E-state index contributed by atoms with van der Waals surface area (Å²) in [6.45, 7) is 2.92. The fourth-order valence-corrected chi connectivity index (χ4v) is 3.10. The van der Waals surface area contributed by atoms with E-state index in [9.17, 15) is 13.6 Å². The standard InChI is InChI=1S/C19H17F2N3O2/c20-14-6-5-13(11-15(14)21)19(25)24-9-7-23(8-10-24)12-18-22-16-3-1-2-4-17(16)26-18/h1-6,11H,7-10,12H2. The van der Waals surface area contributed by atoms with Gasteiger partial charge in [0, 0.05) is 31.7 Å². The first-order valence-corrected chi connectivity index (χ1v) is 8.41. The summed E-state index contributed by atoms with van der Waals surface area (Å²) in [6, 6.07) is 10.8. The van der Waals surface area contributed by atoms with Crippen LogP contribution in [-0.4, -0.2) is 46.9 Å². The Morgan fingerprint density at radius 1 is 1.04 bits per heavy atom. The van der Waals surface area contributed by atoms with Crippen LogP contribution in [-0.2, 0) is 6.54 Å². The molecule has 0 unspecified atom stereocenters. The molecule has 0 aliphatic carbocycles. The number of piperazine rings is 1. The highest BCUT2D eigenvalue weighted by molar-refractivity contribution is 5.94. The molecule has 0 radical (unpaired) electrons. The fraction of sp³-hybridized carbons (Fsp3) is 0.263. The second kappa shape index (κ2) is 6.84. The number of nitrogens with zero attached hydrogens (tertiary/aromatic N) is 3. The van der Waals surface area contributed by atoms with Crippen molar-refractivity contribution in [1.82, 2.24) is 14.8 Å². The summed E-state index contributed by atoms with van der Waals surface area (Å²) in [7, 11) is 0. The van der Waals surface area contributed by atoms with Crippen LogP contribution in [0.4, 0.5) is 8.78 Å². The number of benzene rings is 2. The highest BCUT2D eigenvalue weighted by atomic mass is 19.2. The third-order valence-corrected chi connectivity index (χ3v) is 4.52. The van der Waals surface area contributed by atoms with Crippen molar-refractivity contribution in [2.75, 3.05) is 26.2 Å². The SMILES string of the molecule is O=C(c1ccc(F)c(F)c1)N1CCN(Cc2nc3ccccc3o2)CC1. The molecule has 134 valence electrons. The minimum Gasteiger partial charge on any atom is -0.439 e. The van der Waals surface area contributed by atoms with Gasteiger partial charge < -0.3 is 9.32 Å². The number of rotatable bonds is 3. The van der Waals surface area contributed by atoms with Crippen LogP contribution < -0.4 is 0 Å². The molecule has 7 heteroatoms. The lowest BCUT2D eigenvalue weighted by Crippen LogP contribution is -2.48. The van der Waals surface area contributed by atoms with Crippen molar-refractivity contribution in [3.63, 3.8) is 0 Å². The quantitative estimate of drug-likeness (QED) is 0.723. The topological polar surface area (TPSA) is 49.6 Å². The van der Waals surface area contributed by atoms with E-state index >= 15 is 0 Å². The molecular weight excluding hydrogens is 340 g/mol. The predicted octanol–water partition coefficient (Wildman–Crippen LogP) is 3.06. The lowest BCUT2D eigenvalue weighted by atomic mass is 10.1. The molecule has 1 fully saturated rings. The molecule has 1 aliphatic rings. The van der Waals surface area contributed by atoms with Gasteiger partial charge in [0.1, 0.15) is 5.52 Å². The zero-order valence-electron chi connectivity index (χ0n) is 14.0. The molecule has 5 nitrogen and oxygen atoms in total. The fourth-order valence-electron chi connectivity index (χ4n) is 3.10. The maximum atomic E-state index is 13.3. The lowest BCUT2D eigenvalue weighted by Gasteiger charge is -2.34. The zero-order chi connectivity index (χ0) is 18.1. The van der Waals surface area contributed by atoms with Gasteiger partial charge in [-0.05, 0) is 30.3 Å². The number of amides is 1. The van der Waals surface area contributed by atoms with Crippen molar-refractivity contribution < 1.29 is 18.0 Å². The largest absolute Gasteiger partial charge is 0.439 e. The molecule has 26 heavy (non-hydrogen) atoms. The molecule has 2 heterocycles. The number of oxazole rings is 1. The van der Waals surface area contributed by atoms with E-state index in [1.165, 1.54) is 6.07 Å². The molecule has 4 rings (SSSR count). The molecule has 0 saturated carbocycles. The van der Waals surface area contributed by atoms with Crippen LogP contribution in [0.15, 0.2) is 46.9 Å². The van der Waals surface area contributed by atoms with Gasteiger partial charge in [-0.15, -0.1) is 0 Å². The molecule has 0 N–H and O–H groups in total. The van der Waals surface area contributed by atoms with Crippen LogP contribution in [0.1, 0.15) is 16.2 Å². The van der Waals surface area contributed by atoms with Crippen molar-refractivity contribution >= 4 is 17.0 Å². The van der Waals surface area contributed by atoms with Gasteiger partial charge in [-0.1, -0.05) is 12.1 Å². The summed E-state index contributed by atoms with van der Waals surface area (Å²) in [4.78, 5) is 20.7. The van der Waals surface area contributed by atoms with Crippen LogP contribution in [0.5, 0.6) is 0 Å². The van der Waals surface area contributed by atoms with E-state index in [-0.39, 0.29) is 11.5 Å². The van der Waals surface area contributed by atoms with Crippen molar-refractivity contribution in [2.45, 2.75) is 6.54 Å². The Morgan fingerprint density at radius 2 is 1.81 bits per heavy atom. The summed E-state index contributed by atoms with van der Waals surface area (Å²) in [5.41, 5.74) is 1.75. The minimum atomic E-state index is -1.01. The minimum absolute atomic E-state index is 0.163. The van der Waals surface area contributed by atoms with E-state index in [1.807, 2.05) is 24.3 Å². The van der Waals surface area contributed by atoms with Crippen LogP contribution in [0.2, 0.25) is 0 Å². The van der Waals surface area contributed by atoms with E-state index in [2.05, 4.69) is 9.88 Å². The van der Waals surface area contributed by atoms with Gasteiger partial charge in [-0.2, -0.15) is 0 Å². The lowest BCUT2D eigenvalue weighted by molar-refractivity contribution is 0.0618. The number of aromatic nitrogens is 1. The smallest absolute Gasteiger partial charge is 0.254 e. The number of carbonyl (C=O) groups is 1. The Morgan fingerprint density at radius 3 is 2.54 bits per heavy atom. The Balaban J connectivity index is 1.37. The summed E-state index contributed by atoms with van der Waals surface area (Å²) >= 11 is 0. The molecule has 1 aromatic heterocycles. The van der Waals surface area contributed by atoms with E-state index in [1.54, 1.807) is 4.90 Å². The second-order valence-electron chi connectivity index (χ2n) is 6.27. The van der Waals surface area contributed by atoms with E-state index in [4.69, 9.17) is 4.42 Å². The van der Waals surface area contributed by atoms with Gasteiger partial charge in [0.15, 0.2) is 17.2 Å². The normalized spacial score (nSPS) is 15.5. The number of para-hydroxylation sites is 2. The first-order valence-electron chi connectivity index (χ1n) is 8.41. The predicted molar refractivity (Wildman–Crippen MR) is 91.5 cm³/mol. The molecular formula is C19H17F2N3O2. The summed E-state index contributed by atoms with van der Waals surface area (Å²) < 4.78 is 32.1. The van der Waals surface area contributed by atoms with Crippen LogP contribution in [0.25, 0.3) is 11.1 Å². The number of hydrogen-bond acceptors (Lipinski definition) is 4. The van der Waals surface area contributed by atoms with Gasteiger partial charge in [-0.3, -0.25) is 9.69 Å². The highest BCUT2D eigenvalue weighted by Gasteiger charge is 2.23. The molecule has 1 saturated heterocycles. The summed E-state index contributed by atoms with van der Waals surface area (Å²) in [6.07, 6.45) is 0. The van der Waals surface area contributed by atoms with E-state index in [0.717, 1.165) is 23.2 Å². The molecule has 3 aromatic rings. The molecule has 0 spiro atoms. The van der Waals surface area contributed by atoms with Crippen molar-refractivity contribution in [3.05, 3.63) is 65.6 Å². The van der Waals surface area contributed by atoms with Crippen LogP contribution >= 0.6 is 0 Å². The van der Waals surface area contributed by atoms with Gasteiger partial charge in [0.2, 0.25) is 5.89 Å². The third kappa shape index (κ3) is 3.30. The van der Waals surface area contributed by atoms with Gasteiger partial charge in [0.05, 0.1) is 6.54 Å². The average Bonchev–Trinajstić information content (AvgIpc) is 3.06.